The lowest BCUT2D eigenvalue weighted by Gasteiger charge is -2.03. The standard InChI is InChI=1S/C21H23N5O/c1-13-11-17-18(12-14(13)2)26-20(25-17)9-10-22-21(27)8-7-19-23-15-5-3-4-6-16(15)24-19/h3-6,11-12H,7-10H2,1-2H3,(H,22,27)(H,23,24)(H,25,26). The molecule has 0 aliphatic heterocycles. The van der Waals surface area contributed by atoms with Gasteiger partial charge in [-0.3, -0.25) is 4.79 Å². The van der Waals surface area contributed by atoms with Gasteiger partial charge in [0.2, 0.25) is 5.91 Å². The lowest BCUT2D eigenvalue weighted by atomic mass is 10.1. The zero-order chi connectivity index (χ0) is 18.8. The van der Waals surface area contributed by atoms with E-state index in [4.69, 9.17) is 0 Å². The van der Waals surface area contributed by atoms with Crippen molar-refractivity contribution in [1.29, 1.82) is 0 Å². The number of para-hydroxylation sites is 2. The Morgan fingerprint density at radius 1 is 0.926 bits per heavy atom. The molecule has 6 nitrogen and oxygen atoms in total. The average Bonchev–Trinajstić information content (AvgIpc) is 3.23. The molecule has 0 aliphatic carbocycles. The summed E-state index contributed by atoms with van der Waals surface area (Å²) in [6.45, 7) is 4.75. The van der Waals surface area contributed by atoms with Gasteiger partial charge in [0.15, 0.2) is 0 Å². The zero-order valence-corrected chi connectivity index (χ0v) is 15.6. The van der Waals surface area contributed by atoms with Crippen LogP contribution in [0.2, 0.25) is 0 Å². The maximum Gasteiger partial charge on any atom is 0.220 e. The van der Waals surface area contributed by atoms with Crippen molar-refractivity contribution >= 4 is 28.0 Å². The summed E-state index contributed by atoms with van der Waals surface area (Å²) in [5, 5.41) is 2.96. The second kappa shape index (κ2) is 7.23. The van der Waals surface area contributed by atoms with E-state index in [2.05, 4.69) is 51.2 Å². The number of hydrogen-bond acceptors (Lipinski definition) is 3. The summed E-state index contributed by atoms with van der Waals surface area (Å²) in [7, 11) is 0. The minimum absolute atomic E-state index is 0.0262. The quantitative estimate of drug-likeness (QED) is 0.492. The Kier molecular flexibility index (Phi) is 4.62. The number of benzene rings is 2. The third-order valence-electron chi connectivity index (χ3n) is 4.86. The zero-order valence-electron chi connectivity index (χ0n) is 15.6. The number of nitrogens with one attached hydrogen (secondary N) is 3. The van der Waals surface area contributed by atoms with Gasteiger partial charge in [-0.1, -0.05) is 12.1 Å². The molecule has 1 amide bonds. The molecule has 138 valence electrons. The number of rotatable bonds is 6. The molecule has 4 rings (SSSR count). The van der Waals surface area contributed by atoms with Crippen molar-refractivity contribution in [1.82, 2.24) is 25.3 Å². The van der Waals surface area contributed by atoms with Crippen LogP contribution in [0.1, 0.15) is 29.2 Å². The Labute approximate surface area is 157 Å². The van der Waals surface area contributed by atoms with Crippen LogP contribution in [0.3, 0.4) is 0 Å². The predicted octanol–water partition coefficient (Wildman–Crippen LogP) is 3.35. The van der Waals surface area contributed by atoms with Gasteiger partial charge in [-0.05, 0) is 49.2 Å². The van der Waals surface area contributed by atoms with Crippen LogP contribution >= 0.6 is 0 Å². The number of imidazole rings is 2. The smallest absolute Gasteiger partial charge is 0.220 e. The van der Waals surface area contributed by atoms with Crippen LogP contribution < -0.4 is 5.32 Å². The summed E-state index contributed by atoms with van der Waals surface area (Å²) in [4.78, 5) is 27.8. The summed E-state index contributed by atoms with van der Waals surface area (Å²) in [5.74, 6) is 1.76. The first-order valence-corrected chi connectivity index (χ1v) is 9.24. The fraction of sp³-hybridized carbons (Fsp3) is 0.286. The van der Waals surface area contributed by atoms with Crippen LogP contribution in [0, 0.1) is 13.8 Å². The average molecular weight is 361 g/mol. The van der Waals surface area contributed by atoms with Gasteiger partial charge in [-0.2, -0.15) is 0 Å². The first-order valence-electron chi connectivity index (χ1n) is 9.24. The second-order valence-electron chi connectivity index (χ2n) is 6.94. The van der Waals surface area contributed by atoms with E-state index < -0.39 is 0 Å². The van der Waals surface area contributed by atoms with Crippen LogP contribution in [-0.4, -0.2) is 32.4 Å². The highest BCUT2D eigenvalue weighted by Crippen LogP contribution is 2.17. The number of aromatic amines is 2. The third-order valence-corrected chi connectivity index (χ3v) is 4.86. The van der Waals surface area contributed by atoms with E-state index >= 15 is 0 Å². The van der Waals surface area contributed by atoms with Gasteiger partial charge in [0.25, 0.3) is 0 Å². The first kappa shape index (κ1) is 17.3. The van der Waals surface area contributed by atoms with Gasteiger partial charge in [0, 0.05) is 25.8 Å². The minimum Gasteiger partial charge on any atom is -0.356 e. The van der Waals surface area contributed by atoms with Crippen LogP contribution in [0.25, 0.3) is 22.1 Å². The largest absolute Gasteiger partial charge is 0.356 e. The molecule has 2 aromatic heterocycles. The Morgan fingerprint density at radius 2 is 1.63 bits per heavy atom. The lowest BCUT2D eigenvalue weighted by Crippen LogP contribution is -2.26. The van der Waals surface area contributed by atoms with Crippen LogP contribution in [0.15, 0.2) is 36.4 Å². The normalized spacial score (nSPS) is 11.3. The fourth-order valence-electron chi connectivity index (χ4n) is 3.21. The molecule has 0 bridgehead atoms. The molecule has 0 aliphatic rings. The van der Waals surface area contributed by atoms with Gasteiger partial charge in [0.05, 0.1) is 22.1 Å². The number of nitrogens with zero attached hydrogens (tertiary/aromatic N) is 2. The second-order valence-corrected chi connectivity index (χ2v) is 6.94. The van der Waals surface area contributed by atoms with Gasteiger partial charge in [0.1, 0.15) is 11.6 Å². The van der Waals surface area contributed by atoms with Crippen molar-refractivity contribution in [3.05, 3.63) is 59.2 Å². The van der Waals surface area contributed by atoms with Gasteiger partial charge in [-0.15, -0.1) is 0 Å². The summed E-state index contributed by atoms with van der Waals surface area (Å²) in [6.07, 6.45) is 1.70. The number of aryl methyl sites for hydroxylation is 3. The fourth-order valence-corrected chi connectivity index (χ4v) is 3.21. The van der Waals surface area contributed by atoms with Crippen molar-refractivity contribution in [2.75, 3.05) is 6.54 Å². The molecule has 0 saturated heterocycles. The highest BCUT2D eigenvalue weighted by molar-refractivity contribution is 5.78. The number of fused-ring (bicyclic) bond motifs is 2. The lowest BCUT2D eigenvalue weighted by molar-refractivity contribution is -0.121. The van der Waals surface area contributed by atoms with E-state index in [-0.39, 0.29) is 5.91 Å². The molecule has 27 heavy (non-hydrogen) atoms. The SMILES string of the molecule is Cc1cc2nc(CCNC(=O)CCc3nc4ccccc4[nH]3)[nH]c2cc1C. The number of hydrogen-bond donors (Lipinski definition) is 3. The summed E-state index contributed by atoms with van der Waals surface area (Å²) in [6, 6.07) is 12.1. The summed E-state index contributed by atoms with van der Waals surface area (Å²) in [5.41, 5.74) is 6.44. The van der Waals surface area contributed by atoms with E-state index in [9.17, 15) is 4.79 Å². The van der Waals surface area contributed by atoms with Crippen molar-refractivity contribution in [2.45, 2.75) is 33.1 Å². The minimum atomic E-state index is 0.0262. The molecule has 2 heterocycles. The molecular weight excluding hydrogens is 338 g/mol. The molecular formula is C21H23N5O. The number of amides is 1. The Balaban J connectivity index is 1.28. The van der Waals surface area contributed by atoms with Crippen molar-refractivity contribution in [3.8, 4) is 0 Å². The topological polar surface area (TPSA) is 86.5 Å². The molecule has 3 N–H and O–H groups in total. The van der Waals surface area contributed by atoms with Gasteiger partial charge in [-0.25, -0.2) is 9.97 Å². The predicted molar refractivity (Wildman–Crippen MR) is 107 cm³/mol. The highest BCUT2D eigenvalue weighted by atomic mass is 16.1. The first-order chi connectivity index (χ1) is 13.1. The Bertz CT molecular complexity index is 1040. The van der Waals surface area contributed by atoms with Gasteiger partial charge < -0.3 is 15.3 Å². The number of H-pyrrole nitrogens is 2. The number of carbonyl (C=O) groups is 1. The molecule has 0 fully saturated rings. The van der Waals surface area contributed by atoms with E-state index in [0.717, 1.165) is 33.7 Å². The van der Waals surface area contributed by atoms with E-state index in [0.29, 0.717) is 25.8 Å². The summed E-state index contributed by atoms with van der Waals surface area (Å²) >= 11 is 0. The molecule has 0 atom stereocenters. The maximum atomic E-state index is 12.1. The van der Waals surface area contributed by atoms with Crippen LogP contribution in [0.4, 0.5) is 0 Å². The van der Waals surface area contributed by atoms with Crippen molar-refractivity contribution < 1.29 is 4.79 Å². The van der Waals surface area contributed by atoms with Gasteiger partial charge >= 0.3 is 0 Å². The van der Waals surface area contributed by atoms with Crippen molar-refractivity contribution in [3.63, 3.8) is 0 Å². The summed E-state index contributed by atoms with van der Waals surface area (Å²) < 4.78 is 0. The van der Waals surface area contributed by atoms with Crippen LogP contribution in [0.5, 0.6) is 0 Å². The maximum absolute atomic E-state index is 12.1. The molecule has 0 spiro atoms. The number of carbonyl (C=O) groups excluding carboxylic acids is 1. The monoisotopic (exact) mass is 361 g/mol. The molecule has 0 unspecified atom stereocenters. The van der Waals surface area contributed by atoms with Crippen molar-refractivity contribution in [2.24, 2.45) is 0 Å². The Hall–Kier alpha value is -3.15. The highest BCUT2D eigenvalue weighted by Gasteiger charge is 2.08. The van der Waals surface area contributed by atoms with E-state index in [1.165, 1.54) is 11.1 Å². The third kappa shape index (κ3) is 3.84. The van der Waals surface area contributed by atoms with E-state index in [1.807, 2.05) is 24.3 Å². The van der Waals surface area contributed by atoms with E-state index in [1.54, 1.807) is 0 Å². The Morgan fingerprint density at radius 3 is 2.48 bits per heavy atom. The molecule has 0 saturated carbocycles. The molecule has 6 heteroatoms. The van der Waals surface area contributed by atoms with Crippen LogP contribution in [-0.2, 0) is 17.6 Å². The number of aromatic nitrogens is 4. The molecule has 2 aromatic carbocycles. The molecule has 0 radical (unpaired) electrons. The molecule has 4 aromatic rings.